The molecule has 41 heavy (non-hydrogen) atoms. The molecule has 0 radical (unpaired) electrons. The minimum atomic E-state index is -2.72. The second-order valence-corrected chi connectivity index (χ2v) is 12.4. The van der Waals surface area contributed by atoms with Crippen LogP contribution < -0.4 is 5.73 Å². The van der Waals surface area contributed by atoms with Crippen LogP contribution >= 0.6 is 0 Å². The van der Waals surface area contributed by atoms with Gasteiger partial charge in [-0.3, -0.25) is 24.2 Å². The quantitative estimate of drug-likeness (QED) is 0.322. The molecule has 4 aliphatic rings. The number of likely N-dealkylation sites (tertiary alicyclic amines) is 1. The number of nitrogens with two attached hydrogens (primary N) is 1. The van der Waals surface area contributed by atoms with Crippen LogP contribution in [0.1, 0.15) is 61.0 Å². The molecule has 4 atom stereocenters. The zero-order valence-electron chi connectivity index (χ0n) is 23.8. The molecule has 1 aliphatic heterocycles. The summed E-state index contributed by atoms with van der Waals surface area (Å²) in [5.41, 5.74) is 1.61. The summed E-state index contributed by atoms with van der Waals surface area (Å²) in [5.74, 6) is -8.11. The van der Waals surface area contributed by atoms with Crippen molar-refractivity contribution < 1.29 is 39.2 Å². The zero-order chi connectivity index (χ0) is 30.2. The number of hydrogen-bond donors (Lipinski definition) is 5. The lowest BCUT2D eigenvalue weighted by Gasteiger charge is -2.50. The summed E-state index contributed by atoms with van der Waals surface area (Å²) in [7, 11) is 3.11. The highest BCUT2D eigenvalue weighted by Crippen LogP contribution is 2.52. The minimum Gasteiger partial charge on any atom is -0.510 e. The predicted octanol–water partition coefficient (Wildman–Crippen LogP) is 2.27. The molecule has 1 aromatic rings. The van der Waals surface area contributed by atoms with Gasteiger partial charge >= 0.3 is 0 Å². The molecule has 0 saturated carbocycles. The van der Waals surface area contributed by atoms with Gasteiger partial charge in [-0.25, -0.2) is 4.39 Å². The smallest absolute Gasteiger partial charge is 0.255 e. The lowest BCUT2D eigenvalue weighted by Crippen LogP contribution is -2.63. The van der Waals surface area contributed by atoms with Crippen molar-refractivity contribution in [3.05, 3.63) is 51.2 Å². The molecule has 0 aromatic heterocycles. The van der Waals surface area contributed by atoms with Gasteiger partial charge in [0.1, 0.15) is 28.7 Å². The van der Waals surface area contributed by atoms with Crippen LogP contribution in [0.2, 0.25) is 0 Å². The molecule has 1 fully saturated rings. The highest BCUT2D eigenvalue weighted by atomic mass is 19.1. The highest BCUT2D eigenvalue weighted by Gasteiger charge is 2.63. The first-order valence-corrected chi connectivity index (χ1v) is 14.1. The van der Waals surface area contributed by atoms with E-state index < -0.39 is 69.6 Å². The second-order valence-electron chi connectivity index (χ2n) is 12.4. The Morgan fingerprint density at radius 1 is 1.20 bits per heavy atom. The Labute approximate surface area is 237 Å². The summed E-state index contributed by atoms with van der Waals surface area (Å²) in [4.78, 5) is 42.8. The Bertz CT molecular complexity index is 1410. The summed E-state index contributed by atoms with van der Waals surface area (Å²) in [6.07, 6.45) is 2.87. The fourth-order valence-corrected chi connectivity index (χ4v) is 7.70. The number of amides is 1. The van der Waals surface area contributed by atoms with Gasteiger partial charge in [-0.1, -0.05) is 13.8 Å². The van der Waals surface area contributed by atoms with E-state index in [1.165, 1.54) is 11.0 Å². The predicted molar refractivity (Wildman–Crippen MR) is 147 cm³/mol. The van der Waals surface area contributed by atoms with Gasteiger partial charge in [-0.05, 0) is 70.1 Å². The number of phenols is 1. The molecular formula is C30H38FN3O7. The lowest BCUT2D eigenvalue weighted by atomic mass is 9.58. The Hall–Kier alpha value is -3.28. The van der Waals surface area contributed by atoms with Crippen molar-refractivity contribution in [2.75, 3.05) is 27.2 Å². The molecular weight excluding hydrogens is 533 g/mol. The Kier molecular flexibility index (Phi) is 7.07. The van der Waals surface area contributed by atoms with Gasteiger partial charge < -0.3 is 26.2 Å². The third kappa shape index (κ3) is 4.11. The fourth-order valence-electron chi connectivity index (χ4n) is 7.70. The number of aromatic hydroxyl groups is 1. The van der Waals surface area contributed by atoms with Gasteiger partial charge in [-0.2, -0.15) is 0 Å². The number of halogens is 1. The number of aliphatic hydroxyl groups is 3. The largest absolute Gasteiger partial charge is 0.510 e. The molecule has 1 saturated heterocycles. The SMILES string of the molecule is CCC1(CC)CCN(Cc2cc(O)c3c(c2F)C[C@H]2C[C@H]4[C@H](N(C)C)C(O)=C(C(N)=O)C(=O)[C@@]4(O)C(O)=C2C3=O)C1. The van der Waals surface area contributed by atoms with E-state index in [0.717, 1.165) is 32.4 Å². The average molecular weight is 572 g/mol. The summed E-state index contributed by atoms with van der Waals surface area (Å²) in [6.45, 7) is 6.19. The number of rotatable bonds is 6. The number of carbonyl (C=O) groups excluding carboxylic acids is 3. The number of Topliss-reactive ketones (excluding diaryl/α,β-unsaturated/α-hetero) is 2. The molecule has 222 valence electrons. The van der Waals surface area contributed by atoms with Gasteiger partial charge in [0.05, 0.1) is 11.6 Å². The monoisotopic (exact) mass is 571 g/mol. The number of nitrogens with zero attached hydrogens (tertiary/aromatic N) is 2. The number of benzene rings is 1. The average Bonchev–Trinajstić information content (AvgIpc) is 3.32. The van der Waals surface area contributed by atoms with Gasteiger partial charge in [0.25, 0.3) is 5.91 Å². The van der Waals surface area contributed by atoms with Crippen LogP contribution in [-0.4, -0.2) is 86.5 Å². The van der Waals surface area contributed by atoms with E-state index >= 15 is 4.39 Å². The van der Waals surface area contributed by atoms with Crippen molar-refractivity contribution in [2.24, 2.45) is 23.0 Å². The van der Waals surface area contributed by atoms with Crippen molar-refractivity contribution in [1.29, 1.82) is 0 Å². The van der Waals surface area contributed by atoms with E-state index in [1.54, 1.807) is 14.1 Å². The number of likely N-dealkylation sites (N-methyl/N-ethyl adjacent to an activating group) is 1. The van der Waals surface area contributed by atoms with Gasteiger partial charge in [0.2, 0.25) is 5.78 Å². The Morgan fingerprint density at radius 3 is 2.41 bits per heavy atom. The normalized spacial score (nSPS) is 29.6. The van der Waals surface area contributed by atoms with Crippen LogP contribution in [0.3, 0.4) is 0 Å². The number of hydrogen-bond acceptors (Lipinski definition) is 9. The summed E-state index contributed by atoms with van der Waals surface area (Å²) >= 11 is 0. The molecule has 0 spiro atoms. The van der Waals surface area contributed by atoms with Crippen molar-refractivity contribution >= 4 is 17.5 Å². The van der Waals surface area contributed by atoms with E-state index in [4.69, 9.17) is 5.73 Å². The summed E-state index contributed by atoms with van der Waals surface area (Å²) < 4.78 is 16.1. The number of carbonyl (C=O) groups is 3. The van der Waals surface area contributed by atoms with E-state index in [2.05, 4.69) is 18.7 Å². The molecule has 6 N–H and O–H groups in total. The Balaban J connectivity index is 1.57. The van der Waals surface area contributed by atoms with Crippen LogP contribution in [0.25, 0.3) is 0 Å². The lowest BCUT2D eigenvalue weighted by molar-refractivity contribution is -0.148. The van der Waals surface area contributed by atoms with Crippen LogP contribution in [0, 0.1) is 23.1 Å². The van der Waals surface area contributed by atoms with E-state index in [0.29, 0.717) is 0 Å². The molecule has 1 aromatic carbocycles. The topological polar surface area (TPSA) is 165 Å². The van der Waals surface area contributed by atoms with Gasteiger partial charge in [0.15, 0.2) is 11.4 Å². The number of aliphatic hydroxyl groups excluding tert-OH is 2. The number of ketones is 2. The third-order valence-corrected chi connectivity index (χ3v) is 10.1. The number of fused-ring (bicyclic) bond motifs is 3. The fraction of sp³-hybridized carbons (Fsp3) is 0.567. The van der Waals surface area contributed by atoms with Gasteiger partial charge in [0, 0.05) is 35.7 Å². The molecule has 1 heterocycles. The van der Waals surface area contributed by atoms with Crippen molar-refractivity contribution in [3.8, 4) is 5.75 Å². The van der Waals surface area contributed by atoms with E-state index in [-0.39, 0.29) is 47.1 Å². The number of phenolic OH excluding ortho intramolecular Hbond substituents is 1. The highest BCUT2D eigenvalue weighted by molar-refractivity contribution is 6.24. The minimum absolute atomic E-state index is 0.0227. The van der Waals surface area contributed by atoms with Crippen molar-refractivity contribution in [1.82, 2.24) is 9.80 Å². The number of allylic oxidation sites excluding steroid dienone is 1. The van der Waals surface area contributed by atoms with Crippen molar-refractivity contribution in [3.63, 3.8) is 0 Å². The maximum absolute atomic E-state index is 16.1. The van der Waals surface area contributed by atoms with Crippen LogP contribution in [0.4, 0.5) is 4.39 Å². The molecule has 3 aliphatic carbocycles. The summed E-state index contributed by atoms with van der Waals surface area (Å²) in [6, 6.07) is 0.139. The van der Waals surface area contributed by atoms with Crippen LogP contribution in [0.15, 0.2) is 28.7 Å². The van der Waals surface area contributed by atoms with Crippen LogP contribution in [-0.2, 0) is 22.6 Å². The molecule has 11 heteroatoms. The van der Waals surface area contributed by atoms with E-state index in [1.807, 2.05) is 0 Å². The standard InChI is InChI=1S/C30H38FN3O7/c1-5-29(6-2)7-8-34(13-29)12-15-11-18(35)20-16(22(15)31)9-14-10-17-23(33(3)4)25(37)21(28(32)40)27(39)30(17,41)26(38)19(14)24(20)36/h11,14,17,23,35,37-38,41H,5-10,12-13H2,1-4H3,(H2,32,40)/t14-,17-,23-,30-/m0/s1. The van der Waals surface area contributed by atoms with Crippen LogP contribution in [0.5, 0.6) is 5.75 Å². The Morgan fingerprint density at radius 2 is 1.85 bits per heavy atom. The maximum Gasteiger partial charge on any atom is 0.255 e. The molecule has 0 unspecified atom stereocenters. The first kappa shape index (κ1) is 29.2. The van der Waals surface area contributed by atoms with Crippen molar-refractivity contribution in [2.45, 2.75) is 64.1 Å². The number of primary amides is 1. The molecule has 0 bridgehead atoms. The second kappa shape index (κ2) is 9.92. The summed E-state index contributed by atoms with van der Waals surface area (Å²) in [5, 5.41) is 44.8. The third-order valence-electron chi connectivity index (χ3n) is 10.1. The zero-order valence-corrected chi connectivity index (χ0v) is 23.8. The first-order chi connectivity index (χ1) is 19.2. The molecule has 5 rings (SSSR count). The first-order valence-electron chi connectivity index (χ1n) is 14.1. The van der Waals surface area contributed by atoms with Gasteiger partial charge in [-0.15, -0.1) is 0 Å². The maximum atomic E-state index is 16.1. The molecule has 1 amide bonds. The van der Waals surface area contributed by atoms with E-state index in [9.17, 15) is 34.8 Å². The molecule has 10 nitrogen and oxygen atoms in total.